The fourth-order valence-corrected chi connectivity index (χ4v) is 2.34. The Kier molecular flexibility index (Phi) is 5.41. The van der Waals surface area contributed by atoms with E-state index in [0.717, 1.165) is 5.56 Å². The Labute approximate surface area is 134 Å². The van der Waals surface area contributed by atoms with Crippen molar-refractivity contribution in [1.29, 1.82) is 0 Å². The second-order valence-corrected chi connectivity index (χ2v) is 5.25. The second kappa shape index (κ2) is 7.29. The molecular weight excluding hydrogens is 302 g/mol. The van der Waals surface area contributed by atoms with Gasteiger partial charge in [0.05, 0.1) is 5.02 Å². The fourth-order valence-electron chi connectivity index (χ4n) is 2.06. The molecule has 0 aliphatic rings. The van der Waals surface area contributed by atoms with Gasteiger partial charge >= 0.3 is 6.09 Å². The van der Waals surface area contributed by atoms with E-state index in [1.165, 1.54) is 0 Å². The van der Waals surface area contributed by atoms with Crippen molar-refractivity contribution in [2.45, 2.75) is 25.7 Å². The van der Waals surface area contributed by atoms with E-state index in [1.807, 2.05) is 30.3 Å². The van der Waals surface area contributed by atoms with Crippen LogP contribution in [0.3, 0.4) is 0 Å². The van der Waals surface area contributed by atoms with Crippen molar-refractivity contribution in [2.75, 3.05) is 0 Å². The number of ether oxygens (including phenoxy) is 1. The maximum absolute atomic E-state index is 11.9. The molecule has 0 heterocycles. The summed E-state index contributed by atoms with van der Waals surface area (Å²) in [5, 5.41) is 13.5. The van der Waals surface area contributed by atoms with Gasteiger partial charge in [-0.2, -0.15) is 0 Å². The average Bonchev–Trinajstić information content (AvgIpc) is 2.54. The molecule has 0 bridgehead atoms. The SMILES string of the molecule is CCC(O)(OC(=O)NCc1ccccc1)c1ccccc1Cl. The number of nitrogens with one attached hydrogen (secondary N) is 1. The summed E-state index contributed by atoms with van der Waals surface area (Å²) in [4.78, 5) is 11.9. The molecule has 0 aromatic heterocycles. The maximum Gasteiger partial charge on any atom is 0.410 e. The monoisotopic (exact) mass is 319 g/mol. The van der Waals surface area contributed by atoms with Gasteiger partial charge in [0, 0.05) is 18.5 Å². The van der Waals surface area contributed by atoms with Crippen molar-refractivity contribution in [1.82, 2.24) is 5.32 Å². The summed E-state index contributed by atoms with van der Waals surface area (Å²) < 4.78 is 5.20. The number of carbonyl (C=O) groups excluding carboxylic acids is 1. The van der Waals surface area contributed by atoms with Gasteiger partial charge in [-0.1, -0.05) is 67.1 Å². The van der Waals surface area contributed by atoms with E-state index in [-0.39, 0.29) is 6.42 Å². The molecule has 2 rings (SSSR count). The Bertz CT molecular complexity index is 633. The number of amides is 1. The van der Waals surface area contributed by atoms with E-state index in [0.29, 0.717) is 17.1 Å². The summed E-state index contributed by atoms with van der Waals surface area (Å²) in [6.07, 6.45) is -0.511. The van der Waals surface area contributed by atoms with Crippen LogP contribution in [0.25, 0.3) is 0 Å². The molecule has 22 heavy (non-hydrogen) atoms. The molecular formula is C17H18ClNO3. The predicted molar refractivity (Wildman–Crippen MR) is 85.4 cm³/mol. The number of halogens is 1. The summed E-state index contributed by atoms with van der Waals surface area (Å²) in [5.74, 6) is -1.75. The lowest BCUT2D eigenvalue weighted by molar-refractivity contribution is -0.172. The Morgan fingerprint density at radius 1 is 1.18 bits per heavy atom. The van der Waals surface area contributed by atoms with Gasteiger partial charge in [0.2, 0.25) is 5.79 Å². The minimum atomic E-state index is -1.75. The molecule has 1 atom stereocenters. The number of aliphatic hydroxyl groups is 1. The molecule has 2 aromatic carbocycles. The Hall–Kier alpha value is -2.04. The van der Waals surface area contributed by atoms with Crippen LogP contribution in [0.2, 0.25) is 5.02 Å². The summed E-state index contributed by atoms with van der Waals surface area (Å²) in [7, 11) is 0. The number of hydrogen-bond donors (Lipinski definition) is 2. The number of carbonyl (C=O) groups is 1. The first-order valence-corrected chi connectivity index (χ1v) is 7.41. The van der Waals surface area contributed by atoms with Gasteiger partial charge in [0.1, 0.15) is 0 Å². The normalized spacial score (nSPS) is 13.2. The van der Waals surface area contributed by atoms with Gasteiger partial charge in [-0.05, 0) is 11.6 Å². The van der Waals surface area contributed by atoms with E-state index >= 15 is 0 Å². The first kappa shape index (κ1) is 16.3. The van der Waals surface area contributed by atoms with Crippen LogP contribution in [-0.2, 0) is 17.1 Å². The molecule has 1 unspecified atom stereocenters. The van der Waals surface area contributed by atoms with E-state index < -0.39 is 11.9 Å². The number of hydrogen-bond acceptors (Lipinski definition) is 3. The van der Waals surface area contributed by atoms with Crippen LogP contribution in [0, 0.1) is 0 Å². The first-order valence-electron chi connectivity index (χ1n) is 7.03. The fraction of sp³-hybridized carbons (Fsp3) is 0.235. The van der Waals surface area contributed by atoms with Crippen LogP contribution < -0.4 is 5.32 Å². The third-order valence-corrected chi connectivity index (χ3v) is 3.64. The zero-order valence-electron chi connectivity index (χ0n) is 12.3. The molecule has 0 saturated heterocycles. The van der Waals surface area contributed by atoms with Crippen LogP contribution in [0.4, 0.5) is 4.79 Å². The van der Waals surface area contributed by atoms with Gasteiger partial charge in [0.25, 0.3) is 0 Å². The molecule has 5 heteroatoms. The van der Waals surface area contributed by atoms with Crippen molar-refractivity contribution >= 4 is 17.7 Å². The number of benzene rings is 2. The van der Waals surface area contributed by atoms with Crippen LogP contribution in [0.1, 0.15) is 24.5 Å². The third kappa shape index (κ3) is 4.00. The van der Waals surface area contributed by atoms with E-state index in [9.17, 15) is 9.90 Å². The minimum Gasteiger partial charge on any atom is -0.413 e. The smallest absolute Gasteiger partial charge is 0.410 e. The van der Waals surface area contributed by atoms with Crippen molar-refractivity contribution in [3.63, 3.8) is 0 Å². The van der Waals surface area contributed by atoms with E-state index in [4.69, 9.17) is 16.3 Å². The van der Waals surface area contributed by atoms with Crippen molar-refractivity contribution in [2.24, 2.45) is 0 Å². The van der Waals surface area contributed by atoms with Gasteiger partial charge in [-0.15, -0.1) is 0 Å². The largest absolute Gasteiger partial charge is 0.413 e. The molecule has 2 aromatic rings. The highest BCUT2D eigenvalue weighted by Gasteiger charge is 2.33. The maximum atomic E-state index is 11.9. The number of rotatable bonds is 5. The zero-order chi connectivity index (χ0) is 16.0. The Morgan fingerprint density at radius 2 is 1.82 bits per heavy atom. The van der Waals surface area contributed by atoms with Gasteiger partial charge in [-0.25, -0.2) is 4.79 Å². The quantitative estimate of drug-likeness (QED) is 0.824. The van der Waals surface area contributed by atoms with E-state index in [2.05, 4.69) is 5.32 Å². The summed E-state index contributed by atoms with van der Waals surface area (Å²) in [5.41, 5.74) is 1.31. The average molecular weight is 320 g/mol. The van der Waals surface area contributed by atoms with Gasteiger partial charge < -0.3 is 15.2 Å². The van der Waals surface area contributed by atoms with Gasteiger partial charge in [-0.3, -0.25) is 0 Å². The summed E-state index contributed by atoms with van der Waals surface area (Å²) >= 11 is 6.07. The second-order valence-electron chi connectivity index (χ2n) is 4.85. The van der Waals surface area contributed by atoms with Crippen LogP contribution in [0.5, 0.6) is 0 Å². The predicted octanol–water partition coefficient (Wildman–Crippen LogP) is 3.82. The molecule has 0 spiro atoms. The topological polar surface area (TPSA) is 58.6 Å². The molecule has 0 radical (unpaired) electrons. The molecule has 2 N–H and O–H groups in total. The zero-order valence-corrected chi connectivity index (χ0v) is 13.0. The molecule has 0 aliphatic heterocycles. The highest BCUT2D eigenvalue weighted by Crippen LogP contribution is 2.32. The standard InChI is InChI=1S/C17H18ClNO3/c1-2-17(21,14-10-6-7-11-15(14)18)22-16(20)19-12-13-8-4-3-5-9-13/h3-11,21H,2,12H2,1H3,(H,19,20). The minimum absolute atomic E-state index is 0.190. The van der Waals surface area contributed by atoms with Crippen molar-refractivity contribution < 1.29 is 14.6 Å². The highest BCUT2D eigenvalue weighted by atomic mass is 35.5. The molecule has 1 amide bonds. The van der Waals surface area contributed by atoms with Crippen LogP contribution >= 0.6 is 11.6 Å². The van der Waals surface area contributed by atoms with Gasteiger partial charge in [0.15, 0.2) is 0 Å². The molecule has 0 aliphatic carbocycles. The first-order chi connectivity index (χ1) is 10.5. The van der Waals surface area contributed by atoms with E-state index in [1.54, 1.807) is 31.2 Å². The lowest BCUT2D eigenvalue weighted by atomic mass is 10.0. The van der Waals surface area contributed by atoms with Crippen LogP contribution in [-0.4, -0.2) is 11.2 Å². The third-order valence-electron chi connectivity index (χ3n) is 3.32. The van der Waals surface area contributed by atoms with Crippen LogP contribution in [0.15, 0.2) is 54.6 Å². The molecule has 116 valence electrons. The molecule has 0 fully saturated rings. The number of alkyl carbamates (subject to hydrolysis) is 1. The lowest BCUT2D eigenvalue weighted by Gasteiger charge is -2.27. The van der Waals surface area contributed by atoms with Crippen molar-refractivity contribution in [3.8, 4) is 0 Å². The van der Waals surface area contributed by atoms with Crippen molar-refractivity contribution in [3.05, 3.63) is 70.7 Å². The molecule has 4 nitrogen and oxygen atoms in total. The lowest BCUT2D eigenvalue weighted by Crippen LogP contribution is -2.36. The Morgan fingerprint density at radius 3 is 2.45 bits per heavy atom. The highest BCUT2D eigenvalue weighted by molar-refractivity contribution is 6.31. The summed E-state index contributed by atoms with van der Waals surface area (Å²) in [6.45, 7) is 2.04. The summed E-state index contributed by atoms with van der Waals surface area (Å²) in [6, 6.07) is 16.2. The molecule has 0 saturated carbocycles. The Balaban J connectivity index is 2.03.